The monoisotopic (exact) mass is 332 g/mol. The first-order valence-corrected chi connectivity index (χ1v) is 8.40. The van der Waals surface area contributed by atoms with Gasteiger partial charge in [0, 0.05) is 18.2 Å². The molecule has 0 spiro atoms. The Labute approximate surface area is 142 Å². The van der Waals surface area contributed by atoms with Crippen LogP contribution in [0.25, 0.3) is 0 Å². The molecular weight excluding hydrogens is 308 g/mol. The molecule has 6 heteroatoms. The average Bonchev–Trinajstić information content (AvgIpc) is 2.60. The third kappa shape index (κ3) is 5.08. The number of hydrogen-bond donors (Lipinski definition) is 1. The quantitative estimate of drug-likeness (QED) is 0.805. The molecule has 130 valence electrons. The van der Waals surface area contributed by atoms with Crippen LogP contribution >= 0.6 is 0 Å². The van der Waals surface area contributed by atoms with Gasteiger partial charge in [0.25, 0.3) is 5.91 Å². The maximum Gasteiger partial charge on any atom is 0.307 e. The van der Waals surface area contributed by atoms with Crippen LogP contribution < -0.4 is 5.32 Å². The van der Waals surface area contributed by atoms with E-state index in [0.717, 1.165) is 19.3 Å². The van der Waals surface area contributed by atoms with Gasteiger partial charge < -0.3 is 15.0 Å². The number of carbonyl (C=O) groups is 3. The lowest BCUT2D eigenvalue weighted by molar-refractivity contribution is -0.146. The first-order valence-electron chi connectivity index (χ1n) is 8.40. The Bertz CT molecular complexity index is 574. The van der Waals surface area contributed by atoms with Crippen molar-refractivity contribution in [2.75, 3.05) is 19.7 Å². The van der Waals surface area contributed by atoms with Gasteiger partial charge in [-0.15, -0.1) is 0 Å². The summed E-state index contributed by atoms with van der Waals surface area (Å²) in [7, 11) is 0. The van der Waals surface area contributed by atoms with E-state index in [1.807, 2.05) is 6.07 Å². The second kappa shape index (κ2) is 9.05. The second-order valence-corrected chi connectivity index (χ2v) is 5.79. The summed E-state index contributed by atoms with van der Waals surface area (Å²) in [5.41, 5.74) is 0.520. The fraction of sp³-hybridized carbons (Fsp3) is 0.500. The van der Waals surface area contributed by atoms with Crippen molar-refractivity contribution >= 4 is 17.8 Å². The van der Waals surface area contributed by atoms with Gasteiger partial charge in [-0.1, -0.05) is 18.2 Å². The molecule has 1 aromatic rings. The van der Waals surface area contributed by atoms with Crippen LogP contribution in [0.5, 0.6) is 0 Å². The summed E-state index contributed by atoms with van der Waals surface area (Å²) in [4.78, 5) is 37.9. The van der Waals surface area contributed by atoms with Gasteiger partial charge in [0.05, 0.1) is 19.6 Å². The molecule has 0 radical (unpaired) electrons. The Kier molecular flexibility index (Phi) is 6.78. The van der Waals surface area contributed by atoms with Crippen molar-refractivity contribution in [2.24, 2.45) is 0 Å². The van der Waals surface area contributed by atoms with Crippen molar-refractivity contribution in [1.29, 1.82) is 0 Å². The van der Waals surface area contributed by atoms with E-state index in [-0.39, 0.29) is 36.8 Å². The number of nitrogens with one attached hydrogen (secondary N) is 1. The van der Waals surface area contributed by atoms with Gasteiger partial charge in [0.2, 0.25) is 5.91 Å². The maximum atomic E-state index is 12.4. The molecule has 1 aliphatic heterocycles. The molecule has 1 saturated heterocycles. The van der Waals surface area contributed by atoms with Crippen LogP contribution in [0.1, 0.15) is 43.0 Å². The van der Waals surface area contributed by atoms with Gasteiger partial charge in [0.15, 0.2) is 0 Å². The molecule has 6 nitrogen and oxygen atoms in total. The molecule has 1 atom stereocenters. The zero-order valence-electron chi connectivity index (χ0n) is 14.0. The van der Waals surface area contributed by atoms with E-state index in [4.69, 9.17) is 4.74 Å². The number of ether oxygens (including phenoxy) is 1. The van der Waals surface area contributed by atoms with Gasteiger partial charge in [-0.05, 0) is 38.3 Å². The lowest BCUT2D eigenvalue weighted by Gasteiger charge is -2.35. The summed E-state index contributed by atoms with van der Waals surface area (Å²) >= 11 is 0. The van der Waals surface area contributed by atoms with Crippen molar-refractivity contribution in [3.05, 3.63) is 35.9 Å². The molecule has 1 aliphatic rings. The maximum absolute atomic E-state index is 12.4. The number of amides is 2. The number of piperidine rings is 1. The predicted octanol–water partition coefficient (Wildman–Crippen LogP) is 1.75. The second-order valence-electron chi connectivity index (χ2n) is 5.79. The van der Waals surface area contributed by atoms with E-state index < -0.39 is 0 Å². The van der Waals surface area contributed by atoms with Crippen molar-refractivity contribution in [3.63, 3.8) is 0 Å². The van der Waals surface area contributed by atoms with Crippen molar-refractivity contribution in [1.82, 2.24) is 10.2 Å². The number of esters is 1. The Morgan fingerprint density at radius 1 is 1.21 bits per heavy atom. The van der Waals surface area contributed by atoms with Crippen LogP contribution in [0.15, 0.2) is 30.3 Å². The Morgan fingerprint density at radius 2 is 1.96 bits per heavy atom. The molecule has 2 rings (SSSR count). The van der Waals surface area contributed by atoms with E-state index in [1.165, 1.54) is 0 Å². The molecule has 2 amide bonds. The standard InChI is InChI=1S/C18H24N2O4/c1-2-24-17(22)12-15-10-6-7-11-20(15)16(21)13-19-18(23)14-8-4-3-5-9-14/h3-5,8-9,15H,2,6-7,10-13H2,1H3,(H,19,23)/t15-/m1/s1. The average molecular weight is 332 g/mol. The smallest absolute Gasteiger partial charge is 0.307 e. The van der Waals surface area contributed by atoms with E-state index in [2.05, 4.69) is 5.32 Å². The summed E-state index contributed by atoms with van der Waals surface area (Å²) in [5.74, 6) is -0.716. The molecule has 0 bridgehead atoms. The third-order valence-corrected chi connectivity index (χ3v) is 4.09. The number of rotatable bonds is 6. The topological polar surface area (TPSA) is 75.7 Å². The van der Waals surface area contributed by atoms with Gasteiger partial charge in [-0.2, -0.15) is 0 Å². The molecule has 1 aromatic carbocycles. The highest BCUT2D eigenvalue weighted by Gasteiger charge is 2.28. The van der Waals surface area contributed by atoms with E-state index in [9.17, 15) is 14.4 Å². The predicted molar refractivity (Wildman–Crippen MR) is 89.4 cm³/mol. The molecular formula is C18H24N2O4. The van der Waals surface area contributed by atoms with Gasteiger partial charge in [-0.3, -0.25) is 14.4 Å². The molecule has 1 fully saturated rings. The number of hydrogen-bond acceptors (Lipinski definition) is 4. The highest BCUT2D eigenvalue weighted by molar-refractivity contribution is 5.96. The van der Waals surface area contributed by atoms with Crippen LogP contribution in [-0.4, -0.2) is 48.4 Å². The SMILES string of the molecule is CCOC(=O)C[C@H]1CCCCN1C(=O)CNC(=O)c1ccccc1. The zero-order chi connectivity index (χ0) is 17.4. The van der Waals surface area contributed by atoms with Gasteiger partial charge in [-0.25, -0.2) is 0 Å². The van der Waals surface area contributed by atoms with Crippen LogP contribution in [0.3, 0.4) is 0 Å². The molecule has 1 N–H and O–H groups in total. The molecule has 0 aliphatic carbocycles. The molecule has 24 heavy (non-hydrogen) atoms. The Hall–Kier alpha value is -2.37. The minimum absolute atomic E-state index is 0.0624. The van der Waals surface area contributed by atoms with Crippen LogP contribution in [-0.2, 0) is 14.3 Å². The summed E-state index contributed by atoms with van der Waals surface area (Å²) in [5, 5.41) is 2.65. The molecule has 1 heterocycles. The van der Waals surface area contributed by atoms with E-state index in [1.54, 1.807) is 36.1 Å². The summed E-state index contributed by atoms with van der Waals surface area (Å²) in [6, 6.07) is 8.64. The Balaban J connectivity index is 1.89. The number of nitrogens with zero attached hydrogens (tertiary/aromatic N) is 1. The number of likely N-dealkylation sites (tertiary alicyclic amines) is 1. The molecule has 0 saturated carbocycles. The highest BCUT2D eigenvalue weighted by Crippen LogP contribution is 2.20. The van der Waals surface area contributed by atoms with Crippen molar-refractivity contribution < 1.29 is 19.1 Å². The highest BCUT2D eigenvalue weighted by atomic mass is 16.5. The first kappa shape index (κ1) is 18.0. The largest absolute Gasteiger partial charge is 0.466 e. The van der Waals surface area contributed by atoms with E-state index in [0.29, 0.717) is 18.7 Å². The van der Waals surface area contributed by atoms with Gasteiger partial charge >= 0.3 is 5.97 Å². The lowest BCUT2D eigenvalue weighted by Crippen LogP contribution is -2.48. The minimum atomic E-state index is -0.282. The van der Waals surface area contributed by atoms with Gasteiger partial charge in [0.1, 0.15) is 0 Å². The van der Waals surface area contributed by atoms with Crippen molar-refractivity contribution in [3.8, 4) is 0 Å². The third-order valence-electron chi connectivity index (χ3n) is 4.09. The lowest BCUT2D eigenvalue weighted by atomic mass is 9.99. The molecule has 0 aromatic heterocycles. The summed E-state index contributed by atoms with van der Waals surface area (Å²) in [6.45, 7) is 2.66. The zero-order valence-corrected chi connectivity index (χ0v) is 14.0. The normalized spacial score (nSPS) is 17.2. The van der Waals surface area contributed by atoms with Crippen molar-refractivity contribution in [2.45, 2.75) is 38.6 Å². The number of benzene rings is 1. The summed E-state index contributed by atoms with van der Waals surface area (Å²) in [6.07, 6.45) is 2.91. The minimum Gasteiger partial charge on any atom is -0.466 e. The van der Waals surface area contributed by atoms with E-state index >= 15 is 0 Å². The fourth-order valence-corrected chi connectivity index (χ4v) is 2.90. The van der Waals surface area contributed by atoms with Crippen LogP contribution in [0.2, 0.25) is 0 Å². The molecule has 0 unspecified atom stereocenters. The van der Waals surface area contributed by atoms with Crippen LogP contribution in [0, 0.1) is 0 Å². The summed E-state index contributed by atoms with van der Waals surface area (Å²) < 4.78 is 4.98. The van der Waals surface area contributed by atoms with Crippen LogP contribution in [0.4, 0.5) is 0 Å². The number of carbonyl (C=O) groups excluding carboxylic acids is 3. The Morgan fingerprint density at radius 3 is 2.67 bits per heavy atom. The first-order chi connectivity index (χ1) is 11.6. The fourth-order valence-electron chi connectivity index (χ4n) is 2.90.